The van der Waals surface area contributed by atoms with Crippen LogP contribution in [-0.4, -0.2) is 33.4 Å². The topological polar surface area (TPSA) is 42.0 Å². The summed E-state index contributed by atoms with van der Waals surface area (Å²) in [7, 11) is 0. The van der Waals surface area contributed by atoms with Crippen molar-refractivity contribution in [2.75, 3.05) is 22.6 Å². The summed E-state index contributed by atoms with van der Waals surface area (Å²) in [6, 6.07) is 13.9. The molecule has 0 bridgehead atoms. The van der Waals surface area contributed by atoms with Crippen molar-refractivity contribution in [3.63, 3.8) is 0 Å². The van der Waals surface area contributed by atoms with Crippen molar-refractivity contribution in [3.8, 4) is 11.1 Å². The van der Waals surface area contributed by atoms with Gasteiger partial charge in [0.2, 0.25) is 5.91 Å². The molecule has 2 aromatic rings. The molecule has 22 heavy (non-hydrogen) atoms. The van der Waals surface area contributed by atoms with Crippen LogP contribution in [0.15, 0.2) is 48.7 Å². The average molecular weight is 330 g/mol. The van der Waals surface area contributed by atoms with E-state index in [2.05, 4.69) is 10.3 Å². The molecule has 2 heterocycles. The van der Waals surface area contributed by atoms with E-state index in [-0.39, 0.29) is 5.91 Å². The van der Waals surface area contributed by atoms with Gasteiger partial charge in [-0.1, -0.05) is 30.3 Å². The molecule has 0 spiro atoms. The van der Waals surface area contributed by atoms with Crippen LogP contribution in [0.4, 0.5) is 5.82 Å². The highest BCUT2D eigenvalue weighted by molar-refractivity contribution is 8.06. The SMILES string of the molecule is O=C(C[C@@H]1CSCCS1)Nc1ncccc1-c1ccccc1. The van der Waals surface area contributed by atoms with E-state index in [9.17, 15) is 4.79 Å². The van der Waals surface area contributed by atoms with Gasteiger partial charge in [-0.15, -0.1) is 0 Å². The van der Waals surface area contributed by atoms with Crippen LogP contribution < -0.4 is 5.32 Å². The first kappa shape index (κ1) is 15.4. The number of nitrogens with zero attached hydrogens (tertiary/aromatic N) is 1. The Bertz CT molecular complexity index is 628. The molecule has 1 aliphatic rings. The second-order valence-electron chi connectivity index (χ2n) is 5.09. The number of anilines is 1. The lowest BCUT2D eigenvalue weighted by molar-refractivity contribution is -0.116. The fraction of sp³-hybridized carbons (Fsp3) is 0.294. The molecule has 0 radical (unpaired) electrons. The van der Waals surface area contributed by atoms with Crippen molar-refractivity contribution in [2.24, 2.45) is 0 Å². The van der Waals surface area contributed by atoms with Crippen molar-refractivity contribution in [1.82, 2.24) is 4.98 Å². The number of hydrogen-bond acceptors (Lipinski definition) is 4. The molecule has 1 atom stereocenters. The second kappa shape index (κ2) is 7.70. The minimum absolute atomic E-state index is 0.0517. The molecular formula is C17H18N2OS2. The van der Waals surface area contributed by atoms with Gasteiger partial charge in [0.25, 0.3) is 0 Å². The molecule has 3 rings (SSSR count). The third-order valence-corrected chi connectivity index (χ3v) is 6.29. The zero-order valence-corrected chi connectivity index (χ0v) is 13.8. The number of pyridine rings is 1. The number of carbonyl (C=O) groups excluding carboxylic acids is 1. The molecule has 1 aliphatic heterocycles. The minimum Gasteiger partial charge on any atom is -0.310 e. The van der Waals surface area contributed by atoms with Crippen LogP contribution in [0.5, 0.6) is 0 Å². The molecular weight excluding hydrogens is 312 g/mol. The fourth-order valence-corrected chi connectivity index (χ4v) is 5.08. The highest BCUT2D eigenvalue weighted by atomic mass is 32.2. The van der Waals surface area contributed by atoms with E-state index in [0.29, 0.717) is 17.5 Å². The molecule has 0 aliphatic carbocycles. The molecule has 1 aromatic heterocycles. The minimum atomic E-state index is 0.0517. The summed E-state index contributed by atoms with van der Waals surface area (Å²) in [5.74, 6) is 4.09. The normalized spacial score (nSPS) is 17.9. The van der Waals surface area contributed by atoms with E-state index in [1.165, 1.54) is 5.75 Å². The zero-order valence-electron chi connectivity index (χ0n) is 12.2. The van der Waals surface area contributed by atoms with Crippen LogP contribution in [-0.2, 0) is 4.79 Å². The first-order valence-corrected chi connectivity index (χ1v) is 9.53. The molecule has 114 valence electrons. The quantitative estimate of drug-likeness (QED) is 0.922. The number of aromatic nitrogens is 1. The Labute approximate surface area is 139 Å². The van der Waals surface area contributed by atoms with Crippen LogP contribution in [0.2, 0.25) is 0 Å². The van der Waals surface area contributed by atoms with E-state index in [4.69, 9.17) is 0 Å². The summed E-state index contributed by atoms with van der Waals surface area (Å²) < 4.78 is 0. The summed E-state index contributed by atoms with van der Waals surface area (Å²) in [4.78, 5) is 16.6. The predicted octanol–water partition coefficient (Wildman–Crippen LogP) is 3.93. The maximum absolute atomic E-state index is 12.3. The maximum Gasteiger partial charge on any atom is 0.226 e. The molecule has 1 fully saturated rings. The van der Waals surface area contributed by atoms with Gasteiger partial charge in [0.15, 0.2) is 0 Å². The number of rotatable bonds is 4. The largest absolute Gasteiger partial charge is 0.310 e. The van der Waals surface area contributed by atoms with Crippen LogP contribution in [0.1, 0.15) is 6.42 Å². The standard InChI is InChI=1S/C17H18N2OS2/c20-16(11-14-12-21-9-10-22-14)19-17-15(7-4-8-18-17)13-5-2-1-3-6-13/h1-8,14H,9-12H2,(H,18,19,20)/t14-/m1/s1. The van der Waals surface area contributed by atoms with Gasteiger partial charge >= 0.3 is 0 Å². The lowest BCUT2D eigenvalue weighted by Gasteiger charge is -2.20. The highest BCUT2D eigenvalue weighted by Crippen LogP contribution is 2.28. The molecule has 0 saturated carbocycles. The number of nitrogens with one attached hydrogen (secondary N) is 1. The molecule has 0 unspecified atom stereocenters. The fourth-order valence-electron chi connectivity index (χ4n) is 2.40. The van der Waals surface area contributed by atoms with E-state index >= 15 is 0 Å². The third kappa shape index (κ3) is 4.05. The zero-order chi connectivity index (χ0) is 15.2. The summed E-state index contributed by atoms with van der Waals surface area (Å²) in [6.07, 6.45) is 2.27. The van der Waals surface area contributed by atoms with Gasteiger partial charge < -0.3 is 5.32 Å². The van der Waals surface area contributed by atoms with Gasteiger partial charge in [-0.3, -0.25) is 4.79 Å². The van der Waals surface area contributed by atoms with Gasteiger partial charge in [-0.25, -0.2) is 4.98 Å². The van der Waals surface area contributed by atoms with Gasteiger partial charge in [-0.05, 0) is 17.7 Å². The molecule has 1 aromatic carbocycles. The summed E-state index contributed by atoms with van der Waals surface area (Å²) in [6.45, 7) is 0. The summed E-state index contributed by atoms with van der Waals surface area (Å²) in [5, 5.41) is 3.40. The Balaban J connectivity index is 1.71. The van der Waals surface area contributed by atoms with Crippen molar-refractivity contribution in [3.05, 3.63) is 48.7 Å². The molecule has 1 saturated heterocycles. The van der Waals surface area contributed by atoms with Gasteiger partial charge in [0, 0.05) is 40.7 Å². The Morgan fingerprint density at radius 3 is 2.82 bits per heavy atom. The highest BCUT2D eigenvalue weighted by Gasteiger charge is 2.19. The average Bonchev–Trinajstić information content (AvgIpc) is 2.57. The maximum atomic E-state index is 12.3. The Kier molecular flexibility index (Phi) is 5.40. The smallest absolute Gasteiger partial charge is 0.226 e. The Hall–Kier alpha value is -1.46. The second-order valence-corrected chi connectivity index (χ2v) is 7.64. The predicted molar refractivity (Wildman–Crippen MR) is 96.5 cm³/mol. The first-order valence-electron chi connectivity index (χ1n) is 7.32. The van der Waals surface area contributed by atoms with E-state index in [0.717, 1.165) is 22.6 Å². The lowest BCUT2D eigenvalue weighted by Crippen LogP contribution is -2.23. The van der Waals surface area contributed by atoms with Crippen molar-refractivity contribution >= 4 is 35.2 Å². The number of carbonyl (C=O) groups is 1. The number of thioether (sulfide) groups is 2. The van der Waals surface area contributed by atoms with Crippen molar-refractivity contribution in [1.29, 1.82) is 0 Å². The molecule has 5 heteroatoms. The molecule has 1 N–H and O–H groups in total. The number of benzene rings is 1. The third-order valence-electron chi connectivity index (χ3n) is 3.45. The molecule has 1 amide bonds. The number of amides is 1. The Morgan fingerprint density at radius 1 is 1.18 bits per heavy atom. The van der Waals surface area contributed by atoms with Gasteiger partial charge in [0.05, 0.1) is 0 Å². The summed E-state index contributed by atoms with van der Waals surface area (Å²) >= 11 is 3.84. The summed E-state index contributed by atoms with van der Waals surface area (Å²) in [5.41, 5.74) is 2.02. The van der Waals surface area contributed by atoms with E-state index in [1.54, 1.807) is 6.20 Å². The first-order chi connectivity index (χ1) is 10.8. The van der Waals surface area contributed by atoms with Crippen LogP contribution >= 0.6 is 23.5 Å². The van der Waals surface area contributed by atoms with Crippen LogP contribution in [0.25, 0.3) is 11.1 Å². The van der Waals surface area contributed by atoms with Crippen molar-refractivity contribution < 1.29 is 4.79 Å². The van der Waals surface area contributed by atoms with Crippen LogP contribution in [0.3, 0.4) is 0 Å². The van der Waals surface area contributed by atoms with E-state index < -0.39 is 0 Å². The number of hydrogen-bond donors (Lipinski definition) is 1. The van der Waals surface area contributed by atoms with Crippen molar-refractivity contribution in [2.45, 2.75) is 11.7 Å². The van der Waals surface area contributed by atoms with Gasteiger partial charge in [0.1, 0.15) is 5.82 Å². The lowest BCUT2D eigenvalue weighted by atomic mass is 10.1. The monoisotopic (exact) mass is 330 g/mol. The Morgan fingerprint density at radius 2 is 2.05 bits per heavy atom. The van der Waals surface area contributed by atoms with Gasteiger partial charge in [-0.2, -0.15) is 23.5 Å². The van der Waals surface area contributed by atoms with E-state index in [1.807, 2.05) is 66.0 Å². The molecule has 3 nitrogen and oxygen atoms in total. The van der Waals surface area contributed by atoms with Crippen LogP contribution in [0, 0.1) is 0 Å².